The molecule has 0 atom stereocenters. The molecule has 0 fully saturated rings. The molecule has 1 aliphatic rings. The Morgan fingerprint density at radius 1 is 1.22 bits per heavy atom. The van der Waals surface area contributed by atoms with E-state index in [0.717, 1.165) is 0 Å². The van der Waals surface area contributed by atoms with Gasteiger partial charge in [0.15, 0.2) is 0 Å². The van der Waals surface area contributed by atoms with E-state index in [0.29, 0.717) is 0 Å². The van der Waals surface area contributed by atoms with E-state index in [9.17, 15) is 4.79 Å². The summed E-state index contributed by atoms with van der Waals surface area (Å²) in [5.41, 5.74) is 0. The zero-order chi connectivity index (χ0) is 5.82. The lowest BCUT2D eigenvalue weighted by atomic mass is 10.6. The lowest BCUT2D eigenvalue weighted by Gasteiger charge is -1.84. The number of halogens is 1. The minimum absolute atomic E-state index is 0. The zero-order valence-electron chi connectivity index (χ0n) is 4.63. The summed E-state index contributed by atoms with van der Waals surface area (Å²) < 4.78 is 0. The third-order valence-corrected chi connectivity index (χ3v) is 0.736. The highest BCUT2D eigenvalue weighted by Crippen LogP contribution is 1.75. The lowest BCUT2D eigenvalue weighted by Crippen LogP contribution is -2.11. The molecular formula is C5H7ClN2O. The van der Waals surface area contributed by atoms with Gasteiger partial charge in [-0.05, 0) is 0 Å². The van der Waals surface area contributed by atoms with Gasteiger partial charge in [0.25, 0.3) is 0 Å². The molecule has 0 saturated carbocycles. The van der Waals surface area contributed by atoms with Crippen molar-refractivity contribution in [3.8, 4) is 0 Å². The van der Waals surface area contributed by atoms with E-state index >= 15 is 0 Å². The minimum Gasteiger partial charge on any atom is -0.366 e. The van der Waals surface area contributed by atoms with E-state index in [1.807, 2.05) is 0 Å². The van der Waals surface area contributed by atoms with E-state index in [1.165, 1.54) is 6.08 Å². The molecule has 0 aliphatic carbocycles. The number of amides is 1. The minimum atomic E-state index is -0.105. The van der Waals surface area contributed by atoms with Crippen molar-refractivity contribution < 1.29 is 4.79 Å². The smallest absolute Gasteiger partial charge is 0.249 e. The maximum Gasteiger partial charge on any atom is 0.249 e. The first-order valence-corrected chi connectivity index (χ1v) is 2.28. The van der Waals surface area contributed by atoms with Crippen molar-refractivity contribution in [3.05, 3.63) is 24.7 Å². The Labute approximate surface area is 59.2 Å². The SMILES string of the molecule is Cl.O=C1C=CNC=CN1. The molecule has 1 amide bonds. The molecule has 0 saturated heterocycles. The summed E-state index contributed by atoms with van der Waals surface area (Å²) in [7, 11) is 0. The topological polar surface area (TPSA) is 41.1 Å². The average Bonchev–Trinajstić information content (AvgIpc) is 1.94. The Bertz CT molecular complexity index is 153. The van der Waals surface area contributed by atoms with E-state index in [1.54, 1.807) is 18.6 Å². The Morgan fingerprint density at radius 3 is 2.78 bits per heavy atom. The van der Waals surface area contributed by atoms with Gasteiger partial charge in [0.05, 0.1) is 0 Å². The monoisotopic (exact) mass is 146 g/mol. The molecule has 1 heterocycles. The number of hydrogen-bond donors (Lipinski definition) is 2. The predicted molar refractivity (Wildman–Crippen MR) is 36.8 cm³/mol. The molecule has 4 heteroatoms. The third kappa shape index (κ3) is 2.77. The largest absolute Gasteiger partial charge is 0.366 e. The first-order chi connectivity index (χ1) is 3.89. The summed E-state index contributed by atoms with van der Waals surface area (Å²) in [6.45, 7) is 0. The van der Waals surface area contributed by atoms with E-state index in [-0.39, 0.29) is 18.3 Å². The van der Waals surface area contributed by atoms with Gasteiger partial charge in [-0.15, -0.1) is 12.4 Å². The van der Waals surface area contributed by atoms with Gasteiger partial charge < -0.3 is 10.6 Å². The van der Waals surface area contributed by atoms with Crippen molar-refractivity contribution in [2.75, 3.05) is 0 Å². The van der Waals surface area contributed by atoms with Gasteiger partial charge in [-0.3, -0.25) is 4.79 Å². The number of hydrogen-bond acceptors (Lipinski definition) is 2. The van der Waals surface area contributed by atoms with Crippen molar-refractivity contribution in [1.82, 2.24) is 10.6 Å². The molecule has 50 valence electrons. The molecular weight excluding hydrogens is 140 g/mol. The highest BCUT2D eigenvalue weighted by Gasteiger charge is 1.89. The summed E-state index contributed by atoms with van der Waals surface area (Å²) in [6.07, 6.45) is 6.17. The van der Waals surface area contributed by atoms with Crippen LogP contribution in [0.15, 0.2) is 24.7 Å². The van der Waals surface area contributed by atoms with Gasteiger partial charge in [-0.1, -0.05) is 0 Å². The van der Waals surface area contributed by atoms with Crippen LogP contribution in [0.3, 0.4) is 0 Å². The maximum atomic E-state index is 10.4. The highest BCUT2D eigenvalue weighted by atomic mass is 35.5. The third-order valence-electron chi connectivity index (χ3n) is 0.736. The van der Waals surface area contributed by atoms with Crippen LogP contribution < -0.4 is 10.6 Å². The molecule has 1 aliphatic heterocycles. The van der Waals surface area contributed by atoms with Crippen LogP contribution in [0.1, 0.15) is 0 Å². The van der Waals surface area contributed by atoms with Crippen LogP contribution in [-0.2, 0) is 4.79 Å². The summed E-state index contributed by atoms with van der Waals surface area (Å²) in [5, 5.41) is 5.21. The van der Waals surface area contributed by atoms with Gasteiger partial charge in [-0.25, -0.2) is 0 Å². The first-order valence-electron chi connectivity index (χ1n) is 2.28. The maximum absolute atomic E-state index is 10.4. The number of carbonyl (C=O) groups excluding carboxylic acids is 1. The number of nitrogens with one attached hydrogen (secondary N) is 2. The molecule has 0 radical (unpaired) electrons. The van der Waals surface area contributed by atoms with Crippen LogP contribution in [-0.4, -0.2) is 5.91 Å². The Morgan fingerprint density at radius 2 is 2.00 bits per heavy atom. The normalized spacial score (nSPS) is 14.9. The van der Waals surface area contributed by atoms with Crippen LogP contribution in [0.4, 0.5) is 0 Å². The fourth-order valence-corrected chi connectivity index (χ4v) is 0.399. The Balaban J connectivity index is 0.000000640. The van der Waals surface area contributed by atoms with Gasteiger partial charge in [0, 0.05) is 24.7 Å². The Hall–Kier alpha value is -0.960. The summed E-state index contributed by atoms with van der Waals surface area (Å²) in [5.74, 6) is -0.105. The van der Waals surface area contributed by atoms with Crippen LogP contribution in [0.5, 0.6) is 0 Å². The second-order valence-electron chi connectivity index (χ2n) is 1.34. The Kier molecular flexibility index (Phi) is 3.55. The van der Waals surface area contributed by atoms with E-state index < -0.39 is 0 Å². The zero-order valence-corrected chi connectivity index (χ0v) is 5.44. The van der Waals surface area contributed by atoms with Crippen molar-refractivity contribution >= 4 is 18.3 Å². The lowest BCUT2D eigenvalue weighted by molar-refractivity contribution is -0.115. The van der Waals surface area contributed by atoms with E-state index in [4.69, 9.17) is 0 Å². The fourth-order valence-electron chi connectivity index (χ4n) is 0.399. The molecule has 2 N–H and O–H groups in total. The first kappa shape index (κ1) is 8.04. The molecule has 9 heavy (non-hydrogen) atoms. The summed E-state index contributed by atoms with van der Waals surface area (Å²) in [4.78, 5) is 10.4. The summed E-state index contributed by atoms with van der Waals surface area (Å²) >= 11 is 0. The predicted octanol–water partition coefficient (Wildman–Crippen LogP) is 0.112. The molecule has 0 aromatic rings. The molecule has 0 bridgehead atoms. The van der Waals surface area contributed by atoms with Crippen molar-refractivity contribution in [2.45, 2.75) is 0 Å². The quantitative estimate of drug-likeness (QED) is 0.510. The number of rotatable bonds is 0. The van der Waals surface area contributed by atoms with E-state index in [2.05, 4.69) is 10.6 Å². The number of carbonyl (C=O) groups is 1. The van der Waals surface area contributed by atoms with Crippen LogP contribution in [0, 0.1) is 0 Å². The van der Waals surface area contributed by atoms with Crippen LogP contribution in [0.25, 0.3) is 0 Å². The molecule has 0 aromatic carbocycles. The molecule has 0 unspecified atom stereocenters. The second kappa shape index (κ2) is 3.97. The molecule has 3 nitrogen and oxygen atoms in total. The van der Waals surface area contributed by atoms with Crippen molar-refractivity contribution in [1.29, 1.82) is 0 Å². The second-order valence-corrected chi connectivity index (χ2v) is 1.34. The fraction of sp³-hybridized carbons (Fsp3) is 0. The van der Waals surface area contributed by atoms with Crippen LogP contribution in [0.2, 0.25) is 0 Å². The highest BCUT2D eigenvalue weighted by molar-refractivity contribution is 5.88. The van der Waals surface area contributed by atoms with Crippen LogP contribution >= 0.6 is 12.4 Å². The van der Waals surface area contributed by atoms with Gasteiger partial charge in [0.1, 0.15) is 0 Å². The molecule has 1 rings (SSSR count). The summed E-state index contributed by atoms with van der Waals surface area (Å²) in [6, 6.07) is 0. The van der Waals surface area contributed by atoms with Crippen molar-refractivity contribution in [2.24, 2.45) is 0 Å². The molecule has 0 spiro atoms. The van der Waals surface area contributed by atoms with Gasteiger partial charge in [-0.2, -0.15) is 0 Å². The van der Waals surface area contributed by atoms with Crippen molar-refractivity contribution in [3.63, 3.8) is 0 Å². The molecule has 0 aromatic heterocycles. The van der Waals surface area contributed by atoms with Gasteiger partial charge >= 0.3 is 0 Å². The average molecular weight is 147 g/mol. The van der Waals surface area contributed by atoms with Gasteiger partial charge in [0.2, 0.25) is 5.91 Å². The standard InChI is InChI=1S/C5H6N2O.ClH/c8-5-1-2-6-3-4-7-5;/h1-4,6H,(H,7,8);1H.